The van der Waals surface area contributed by atoms with E-state index >= 15 is 0 Å². The second-order valence-electron chi connectivity index (χ2n) is 7.91. The molecule has 0 saturated heterocycles. The Labute approximate surface area is 127 Å². The van der Waals surface area contributed by atoms with Gasteiger partial charge in [-0.05, 0) is 67.2 Å². The lowest BCUT2D eigenvalue weighted by Crippen LogP contribution is -2.41. The highest BCUT2D eigenvalue weighted by atomic mass is 15.0. The molecule has 120 valence electrons. The fourth-order valence-electron chi connectivity index (χ4n) is 2.19. The van der Waals surface area contributed by atoms with Crippen LogP contribution in [0, 0.1) is 0 Å². The van der Waals surface area contributed by atoms with Crippen molar-refractivity contribution in [2.75, 3.05) is 0 Å². The summed E-state index contributed by atoms with van der Waals surface area (Å²) in [6, 6.07) is 0. The molecule has 0 aliphatic heterocycles. The third-order valence-corrected chi connectivity index (χ3v) is 2.98. The van der Waals surface area contributed by atoms with Crippen LogP contribution >= 0.6 is 0 Å². The van der Waals surface area contributed by atoms with Crippen molar-refractivity contribution < 1.29 is 0 Å². The summed E-state index contributed by atoms with van der Waals surface area (Å²) in [7, 11) is 0. The van der Waals surface area contributed by atoms with Crippen molar-refractivity contribution in [2.24, 2.45) is 0 Å². The molecule has 0 atom stereocenters. The second-order valence-corrected chi connectivity index (χ2v) is 7.91. The Morgan fingerprint density at radius 1 is 0.650 bits per heavy atom. The van der Waals surface area contributed by atoms with Crippen molar-refractivity contribution in [3.8, 4) is 0 Å². The molecule has 0 bridgehead atoms. The minimum atomic E-state index is 0.125. The number of hydrogen-bond donors (Lipinski definition) is 2. The molecule has 2 heteroatoms. The van der Waals surface area contributed by atoms with Crippen LogP contribution in [0.15, 0.2) is 11.4 Å². The highest BCUT2D eigenvalue weighted by molar-refractivity contribution is 5.15. The van der Waals surface area contributed by atoms with E-state index in [1.165, 1.54) is 37.1 Å². The summed E-state index contributed by atoms with van der Waals surface area (Å²) in [5, 5.41) is 7.48. The van der Waals surface area contributed by atoms with E-state index in [0.29, 0.717) is 0 Å². The van der Waals surface area contributed by atoms with E-state index in [1.807, 2.05) is 0 Å². The summed E-state index contributed by atoms with van der Waals surface area (Å²) < 4.78 is 0. The van der Waals surface area contributed by atoms with Crippen LogP contribution in [0.5, 0.6) is 0 Å². The highest BCUT2D eigenvalue weighted by Crippen LogP contribution is 2.19. The van der Waals surface area contributed by atoms with Gasteiger partial charge in [-0.25, -0.2) is 0 Å². The molecular formula is C18H38N2. The Balaban J connectivity index is 5.21. The Bertz CT molecular complexity index is 260. The quantitative estimate of drug-likeness (QED) is 0.626. The Morgan fingerprint density at radius 2 is 0.950 bits per heavy atom. The zero-order chi connectivity index (χ0) is 15.8. The maximum atomic E-state index is 3.74. The molecule has 0 aromatic rings. The largest absolute Gasteiger partial charge is 0.382 e. The highest BCUT2D eigenvalue weighted by Gasteiger charge is 2.18. The van der Waals surface area contributed by atoms with Gasteiger partial charge in [0.25, 0.3) is 0 Å². The van der Waals surface area contributed by atoms with Crippen LogP contribution in [0.1, 0.15) is 93.9 Å². The first-order chi connectivity index (χ1) is 9.09. The summed E-state index contributed by atoms with van der Waals surface area (Å²) in [5.74, 6) is 0. The number of rotatable bonds is 8. The van der Waals surface area contributed by atoms with Crippen molar-refractivity contribution in [2.45, 2.75) is 105 Å². The first kappa shape index (κ1) is 19.3. The van der Waals surface area contributed by atoms with E-state index in [0.717, 1.165) is 12.8 Å². The van der Waals surface area contributed by atoms with Gasteiger partial charge in [0.05, 0.1) is 0 Å². The summed E-state index contributed by atoms with van der Waals surface area (Å²) in [6.45, 7) is 18.0. The van der Waals surface area contributed by atoms with Crippen molar-refractivity contribution in [3.05, 3.63) is 11.4 Å². The minimum Gasteiger partial charge on any atom is -0.382 e. The van der Waals surface area contributed by atoms with Gasteiger partial charge in [-0.3, -0.25) is 0 Å². The van der Waals surface area contributed by atoms with Crippen LogP contribution in [0.25, 0.3) is 0 Å². The van der Waals surface area contributed by atoms with Gasteiger partial charge in [0.1, 0.15) is 0 Å². The monoisotopic (exact) mass is 282 g/mol. The third-order valence-electron chi connectivity index (χ3n) is 2.98. The summed E-state index contributed by atoms with van der Waals surface area (Å²) in [4.78, 5) is 0. The van der Waals surface area contributed by atoms with E-state index < -0.39 is 0 Å². The Hall–Kier alpha value is -0.660. The zero-order valence-electron chi connectivity index (χ0n) is 15.2. The molecule has 2 N–H and O–H groups in total. The maximum absolute atomic E-state index is 3.74. The molecule has 20 heavy (non-hydrogen) atoms. The Morgan fingerprint density at radius 3 is 1.15 bits per heavy atom. The number of hydrogen-bond acceptors (Lipinski definition) is 2. The van der Waals surface area contributed by atoms with Crippen LogP contribution in [0.2, 0.25) is 0 Å². The molecule has 0 aliphatic carbocycles. The maximum Gasteiger partial charge on any atom is 0.0303 e. The number of nitrogens with one attached hydrogen (secondary N) is 2. The molecule has 0 rings (SSSR count). The SMILES string of the molecule is CCCC/C(NC(C)(C)C)=C(\CCCC)NC(C)(C)C. The topological polar surface area (TPSA) is 24.1 Å². The van der Waals surface area contributed by atoms with E-state index in [2.05, 4.69) is 66.0 Å². The molecule has 0 heterocycles. The number of allylic oxidation sites excluding steroid dienone is 2. The molecule has 0 saturated carbocycles. The lowest BCUT2D eigenvalue weighted by molar-refractivity contribution is 0.423. The van der Waals surface area contributed by atoms with Gasteiger partial charge in [0.15, 0.2) is 0 Å². The van der Waals surface area contributed by atoms with Gasteiger partial charge in [0.2, 0.25) is 0 Å². The average molecular weight is 283 g/mol. The summed E-state index contributed by atoms with van der Waals surface area (Å²) >= 11 is 0. The Kier molecular flexibility index (Phi) is 8.30. The van der Waals surface area contributed by atoms with Gasteiger partial charge in [0, 0.05) is 22.5 Å². The molecule has 0 aromatic carbocycles. The average Bonchev–Trinajstić information content (AvgIpc) is 2.27. The molecule has 0 fully saturated rings. The third kappa shape index (κ3) is 10.2. The molecule has 0 spiro atoms. The summed E-state index contributed by atoms with van der Waals surface area (Å²) in [5.41, 5.74) is 3.09. The minimum absolute atomic E-state index is 0.125. The fourth-order valence-corrected chi connectivity index (χ4v) is 2.19. The first-order valence-electron chi connectivity index (χ1n) is 8.37. The lowest BCUT2D eigenvalue weighted by atomic mass is 10.0. The van der Waals surface area contributed by atoms with Crippen LogP contribution in [0.4, 0.5) is 0 Å². The van der Waals surface area contributed by atoms with Gasteiger partial charge in [-0.15, -0.1) is 0 Å². The standard InChI is InChI=1S/C18H38N2/c1-9-11-13-15(19-17(3,4)5)16(14-12-10-2)20-18(6,7)8/h19-20H,9-14H2,1-8H3/b16-15-. The summed E-state index contributed by atoms with van der Waals surface area (Å²) in [6.07, 6.45) is 7.28. The van der Waals surface area contributed by atoms with Crippen molar-refractivity contribution in [1.29, 1.82) is 0 Å². The smallest absolute Gasteiger partial charge is 0.0303 e. The van der Waals surface area contributed by atoms with Crippen LogP contribution in [-0.2, 0) is 0 Å². The molecule has 0 radical (unpaired) electrons. The second kappa shape index (κ2) is 8.59. The van der Waals surface area contributed by atoms with E-state index in [-0.39, 0.29) is 11.1 Å². The zero-order valence-corrected chi connectivity index (χ0v) is 15.2. The van der Waals surface area contributed by atoms with E-state index in [9.17, 15) is 0 Å². The van der Waals surface area contributed by atoms with Gasteiger partial charge in [-0.2, -0.15) is 0 Å². The van der Waals surface area contributed by atoms with Gasteiger partial charge >= 0.3 is 0 Å². The molecule has 0 aromatic heterocycles. The normalized spacial score (nSPS) is 14.0. The van der Waals surface area contributed by atoms with Crippen molar-refractivity contribution >= 4 is 0 Å². The van der Waals surface area contributed by atoms with Crippen LogP contribution in [-0.4, -0.2) is 11.1 Å². The lowest BCUT2D eigenvalue weighted by Gasteiger charge is -2.31. The van der Waals surface area contributed by atoms with E-state index in [1.54, 1.807) is 0 Å². The molecule has 0 unspecified atom stereocenters. The predicted octanol–water partition coefficient (Wildman–Crippen LogP) is 5.35. The molecule has 0 aliphatic rings. The van der Waals surface area contributed by atoms with Gasteiger partial charge in [-0.1, -0.05) is 26.7 Å². The van der Waals surface area contributed by atoms with Crippen molar-refractivity contribution in [3.63, 3.8) is 0 Å². The van der Waals surface area contributed by atoms with Crippen molar-refractivity contribution in [1.82, 2.24) is 10.6 Å². The number of unbranched alkanes of at least 4 members (excludes halogenated alkanes) is 2. The van der Waals surface area contributed by atoms with Crippen LogP contribution in [0.3, 0.4) is 0 Å². The molecular weight excluding hydrogens is 244 g/mol. The van der Waals surface area contributed by atoms with Crippen LogP contribution < -0.4 is 10.6 Å². The first-order valence-corrected chi connectivity index (χ1v) is 8.37. The fraction of sp³-hybridized carbons (Fsp3) is 0.889. The molecule has 2 nitrogen and oxygen atoms in total. The molecule has 0 amide bonds. The predicted molar refractivity (Wildman–Crippen MR) is 91.9 cm³/mol. The van der Waals surface area contributed by atoms with E-state index in [4.69, 9.17) is 0 Å². The van der Waals surface area contributed by atoms with Gasteiger partial charge < -0.3 is 10.6 Å².